The van der Waals surface area contributed by atoms with Crippen LogP contribution in [0, 0.1) is 12.8 Å². The molecule has 6 rings (SSSR count). The standard InChI is InChI=1S/C57H89N19O21S2.3ClH.Cu/c1-22-35(73-48(76-46(22)61)27(14-33(60)80)68-15-26(59)47(62)86)52(90)75-37(43(28-16-65-21-69-28)95-56-45(41(84)39(82)31(17-77)94-56)96-55-42(85)44(97-57(63)92)40(83)32(18-78)93-55)53(91)70-24(3)38(81)23(2)49(87)74-36(25(4)79)51(89)67-13-8-34-71-30(20-98-34)54-72-29(19-99-54)50(88)66-12-7-11-64-10-6-5-9-58;;;;/h16,19-21,23-27,31-32,36-45,55-56,64,68,77-79,81-85H,5-15,17-18,58-59H2,1-4H3,(H2,60,80)(H2,62,86)(H2,63,92)(H,65,69)(H,66,88)(H,67,89)(H,70,91)(H,74,87)(H,75,90)(H2,61,73,76);3*1H;/q;;;;+2. The predicted octanol–water partition coefficient (Wildman–Crippen LogP) is -6.99. The number of aromatic amines is 1. The molecule has 0 aromatic carbocycles. The molecule has 0 spiro atoms. The number of thiazole rings is 2. The number of nitrogens with zero attached hydrogens (tertiary/aromatic N) is 5. The molecule has 0 aliphatic carbocycles. The van der Waals surface area contributed by atoms with E-state index >= 15 is 4.79 Å². The molecule has 2 saturated heterocycles. The maximum Gasteiger partial charge on any atom is 2.00 e. The Labute approximate surface area is 626 Å². The van der Waals surface area contributed by atoms with Crippen molar-refractivity contribution in [2.75, 3.05) is 58.2 Å². The first-order valence-corrected chi connectivity index (χ1v) is 33.1. The second-order valence-corrected chi connectivity index (χ2v) is 25.2. The fourth-order valence-corrected chi connectivity index (χ4v) is 11.8. The number of rotatable bonds is 39. The minimum atomic E-state index is -2.20. The van der Waals surface area contributed by atoms with Crippen molar-refractivity contribution < 1.29 is 120 Å². The van der Waals surface area contributed by atoms with Crippen molar-refractivity contribution in [3.63, 3.8) is 0 Å². The topological polar surface area (TPSA) is 665 Å². The molecule has 2 aliphatic rings. The molecule has 6 heterocycles. The number of primary amides is 3. The normalized spacial score (nSPS) is 22.7. The number of H-pyrrole nitrogens is 1. The van der Waals surface area contributed by atoms with Crippen LogP contribution in [0.25, 0.3) is 10.7 Å². The van der Waals surface area contributed by atoms with Crippen LogP contribution in [0.4, 0.5) is 10.6 Å². The van der Waals surface area contributed by atoms with Crippen molar-refractivity contribution in [1.29, 1.82) is 0 Å². The Bertz CT molecular complexity index is 3350. The fourth-order valence-electron chi connectivity index (χ4n) is 10.2. The Hall–Kier alpha value is -6.34. The largest absolute Gasteiger partial charge is 2.00 e. The molecule has 103 heavy (non-hydrogen) atoms. The number of hydrogen-bond acceptors (Lipinski definition) is 33. The number of hydrogen-bond donors (Lipinski definition) is 22. The summed E-state index contributed by atoms with van der Waals surface area (Å²) in [5.41, 5.74) is 33.6. The van der Waals surface area contributed by atoms with Crippen molar-refractivity contribution in [3.05, 3.63) is 56.8 Å². The number of nitrogens with one attached hydrogen (secondary N) is 8. The number of carbonyl (C=O) groups is 8. The van der Waals surface area contributed by atoms with Crippen LogP contribution >= 0.6 is 59.9 Å². The third-order valence-electron chi connectivity index (χ3n) is 15.9. The maximum absolute atomic E-state index is 15.2. The third kappa shape index (κ3) is 26.0. The first-order chi connectivity index (χ1) is 47.0. The van der Waals surface area contributed by atoms with Gasteiger partial charge in [-0.2, -0.15) is 0 Å². The maximum atomic E-state index is 15.2. The molecule has 19 unspecified atom stereocenters. The number of nitrogens with two attached hydrogens (primary N) is 6. The zero-order chi connectivity index (χ0) is 72.9. The summed E-state index contributed by atoms with van der Waals surface area (Å²) in [6.45, 7) is 5.29. The molecular weight excluding hydrogens is 1520 g/mol. The molecule has 0 bridgehead atoms. The average Bonchev–Trinajstić information content (AvgIpc) is 1.000. The first-order valence-electron chi connectivity index (χ1n) is 31.4. The van der Waals surface area contributed by atoms with Gasteiger partial charge in [-0.15, -0.1) is 59.9 Å². The van der Waals surface area contributed by atoms with Gasteiger partial charge >= 0.3 is 23.2 Å². The van der Waals surface area contributed by atoms with Crippen LogP contribution < -0.4 is 71.6 Å². The van der Waals surface area contributed by atoms with Crippen molar-refractivity contribution >= 4 is 113 Å². The van der Waals surface area contributed by atoms with Gasteiger partial charge in [0.15, 0.2) is 18.7 Å². The molecule has 19 atom stereocenters. The zero-order valence-electron chi connectivity index (χ0n) is 55.9. The smallest absolute Gasteiger partial charge is 0.441 e. The molecule has 28 N–H and O–H groups in total. The van der Waals surface area contributed by atoms with Gasteiger partial charge in [0, 0.05) is 48.8 Å². The van der Waals surface area contributed by atoms with E-state index in [0.29, 0.717) is 28.8 Å². The minimum absolute atomic E-state index is 0. The number of unbranched alkanes of at least 4 members (excludes halogenated alkanes) is 1. The summed E-state index contributed by atoms with van der Waals surface area (Å²) in [4.78, 5) is 131. The third-order valence-corrected chi connectivity index (χ3v) is 17.7. The number of anilines is 1. The van der Waals surface area contributed by atoms with Crippen LogP contribution in [0.3, 0.4) is 0 Å². The van der Waals surface area contributed by atoms with E-state index in [-0.39, 0.29) is 108 Å². The van der Waals surface area contributed by atoms with E-state index in [1.807, 2.05) is 0 Å². The van der Waals surface area contributed by atoms with Crippen molar-refractivity contribution in [2.45, 2.75) is 170 Å². The summed E-state index contributed by atoms with van der Waals surface area (Å²) in [7, 11) is 0. The number of ether oxygens (including phenoxy) is 5. The van der Waals surface area contributed by atoms with Crippen LogP contribution in [0.15, 0.2) is 23.3 Å². The predicted molar refractivity (Wildman–Crippen MR) is 368 cm³/mol. The second kappa shape index (κ2) is 44.6. The fraction of sp³-hybridized carbons (Fsp3) is 0.632. The molecule has 46 heteroatoms. The number of aliphatic hydroxyl groups is 8. The molecule has 1 radical (unpaired) electrons. The van der Waals surface area contributed by atoms with Gasteiger partial charge in [0.2, 0.25) is 29.5 Å². The van der Waals surface area contributed by atoms with E-state index in [1.165, 1.54) is 50.4 Å². The van der Waals surface area contributed by atoms with Gasteiger partial charge in [0.1, 0.15) is 94.6 Å². The van der Waals surface area contributed by atoms with Crippen molar-refractivity contribution in [1.82, 2.24) is 67.1 Å². The van der Waals surface area contributed by atoms with Crippen molar-refractivity contribution in [2.24, 2.45) is 34.6 Å². The molecule has 2 fully saturated rings. The number of carbonyl (C=O) groups excluding carboxylic acids is 8. The number of aliphatic hydroxyl groups excluding tert-OH is 8. The van der Waals surface area contributed by atoms with Crippen LogP contribution in [0.1, 0.15) is 102 Å². The van der Waals surface area contributed by atoms with E-state index < -0.39 is 183 Å². The van der Waals surface area contributed by atoms with Crippen LogP contribution in [-0.4, -0.2) is 268 Å². The quantitative estimate of drug-likeness (QED) is 0.0146. The zero-order valence-corrected chi connectivity index (χ0v) is 60.9. The van der Waals surface area contributed by atoms with Gasteiger partial charge in [-0.1, -0.05) is 6.92 Å². The summed E-state index contributed by atoms with van der Waals surface area (Å²) < 4.78 is 28.7. The second-order valence-electron chi connectivity index (χ2n) is 23.4. The summed E-state index contributed by atoms with van der Waals surface area (Å²) >= 11 is 2.50. The Kier molecular flexibility index (Phi) is 40.1. The van der Waals surface area contributed by atoms with Gasteiger partial charge in [0.25, 0.3) is 11.8 Å². The van der Waals surface area contributed by atoms with Gasteiger partial charge in [-0.05, 0) is 59.7 Å². The average molecular weight is 1610 g/mol. The summed E-state index contributed by atoms with van der Waals surface area (Å²) in [6, 6.07) is -7.87. The number of amides is 8. The molecule has 0 saturated carbocycles. The van der Waals surface area contributed by atoms with Gasteiger partial charge in [-0.25, -0.2) is 29.7 Å². The number of halogens is 3. The minimum Gasteiger partial charge on any atom is -0.441 e. The summed E-state index contributed by atoms with van der Waals surface area (Å²) in [5.74, 6) is -8.74. The van der Waals surface area contributed by atoms with E-state index in [0.717, 1.165) is 44.9 Å². The van der Waals surface area contributed by atoms with Crippen LogP contribution in [-0.2, 0) is 71.1 Å². The monoisotopic (exact) mass is 1610 g/mol. The molecule has 8 amide bonds. The van der Waals surface area contributed by atoms with E-state index in [2.05, 4.69) is 67.1 Å². The first kappa shape index (κ1) is 92.7. The number of aromatic nitrogens is 6. The van der Waals surface area contributed by atoms with Gasteiger partial charge in [0.05, 0.1) is 72.7 Å². The molecule has 4 aromatic rings. The molecular formula is C57H92Cl3CuN19O21S2+2. The Morgan fingerprint density at radius 2 is 1.41 bits per heavy atom. The van der Waals surface area contributed by atoms with E-state index in [4.69, 9.17) is 58.1 Å². The van der Waals surface area contributed by atoms with Crippen molar-refractivity contribution in [3.8, 4) is 10.7 Å². The van der Waals surface area contributed by atoms with Gasteiger partial charge in [-0.3, -0.25) is 33.6 Å². The Morgan fingerprint density at radius 3 is 2.03 bits per heavy atom. The number of imidazole rings is 1. The summed E-state index contributed by atoms with van der Waals surface area (Å²) in [6.07, 6.45) is -22.5. The van der Waals surface area contributed by atoms with E-state index in [1.54, 1.807) is 10.8 Å². The molecule has 4 aromatic heterocycles. The Balaban J connectivity index is 0.00000901. The Morgan fingerprint density at radius 1 is 0.738 bits per heavy atom. The number of nitrogen functional groups attached to an aromatic ring is 1. The SMILES string of the molecule is Cc1c(N)nc(C(CC(N)=O)NCC(N)C(N)=O)nc1C(=O)NC(C(=O)NC(C)C(O)C(C)C(=O)NC(C(=O)NCCc1nc(-c2nc(C(=O)NCCCNCCCCN)cs2)cs1)C(C)O)C(OC1OC(CO)C(O)C(O)C1OC1OC(CO)C(O)C(OC(N)=O)C1O)c1cnc[nH]1.Cl.Cl.Cl.[Cu+2]. The van der Waals surface area contributed by atoms with Crippen LogP contribution in [0.2, 0.25) is 0 Å². The molecule has 40 nitrogen and oxygen atoms in total. The summed E-state index contributed by atoms with van der Waals surface area (Å²) in [5, 5.41) is 111. The van der Waals surface area contributed by atoms with Crippen LogP contribution in [0.5, 0.6) is 0 Å². The molecule has 583 valence electrons. The molecule has 2 aliphatic heterocycles. The van der Waals surface area contributed by atoms with E-state index in [9.17, 15) is 74.4 Å². The van der Waals surface area contributed by atoms with Gasteiger partial charge < -0.3 is 141 Å².